The Hall–Kier alpha value is -4.19. The minimum absolute atomic E-state index is 0.271. The third-order valence-electron chi connectivity index (χ3n) is 4.63. The van der Waals surface area contributed by atoms with Crippen molar-refractivity contribution in [1.82, 2.24) is 9.38 Å². The number of hydrogen-bond acceptors (Lipinski definition) is 5. The average Bonchev–Trinajstić information content (AvgIpc) is 3.37. The van der Waals surface area contributed by atoms with Crippen LogP contribution >= 0.6 is 0 Å². The summed E-state index contributed by atoms with van der Waals surface area (Å²) in [7, 11) is 0. The molecular formula is C24H17N3O3. The molecule has 2 aromatic heterocycles. The quantitative estimate of drug-likeness (QED) is 0.374. The number of aromatic nitrogens is 2. The minimum atomic E-state index is -0.457. The highest BCUT2D eigenvalue weighted by Gasteiger charge is 2.23. The lowest BCUT2D eigenvalue weighted by Gasteiger charge is -2.04. The SMILES string of the molecule is O=C1OC(c2ccccc2)=N/C1=C\c1ccc(OCc2cn3ccccc3n2)cc1. The first-order valence-corrected chi connectivity index (χ1v) is 9.48. The van der Waals surface area contributed by atoms with E-state index in [1.54, 1.807) is 6.08 Å². The van der Waals surface area contributed by atoms with Crippen molar-refractivity contribution >= 4 is 23.6 Å². The smallest absolute Gasteiger partial charge is 0.363 e. The number of benzene rings is 2. The summed E-state index contributed by atoms with van der Waals surface area (Å²) in [5.41, 5.74) is 3.61. The zero-order chi connectivity index (χ0) is 20.3. The van der Waals surface area contributed by atoms with Crippen LogP contribution in [0.3, 0.4) is 0 Å². The van der Waals surface area contributed by atoms with Gasteiger partial charge in [0, 0.05) is 18.0 Å². The molecule has 0 radical (unpaired) electrons. The fraction of sp³-hybridized carbons (Fsp3) is 0.0417. The van der Waals surface area contributed by atoms with Gasteiger partial charge in [0.25, 0.3) is 0 Å². The monoisotopic (exact) mass is 395 g/mol. The van der Waals surface area contributed by atoms with Crippen molar-refractivity contribution in [3.63, 3.8) is 0 Å². The molecule has 0 N–H and O–H groups in total. The molecule has 0 fully saturated rings. The summed E-state index contributed by atoms with van der Waals surface area (Å²) >= 11 is 0. The predicted octanol–water partition coefficient (Wildman–Crippen LogP) is 4.26. The van der Waals surface area contributed by atoms with Crippen molar-refractivity contribution < 1.29 is 14.3 Å². The van der Waals surface area contributed by atoms with Gasteiger partial charge in [-0.15, -0.1) is 0 Å². The van der Waals surface area contributed by atoms with Gasteiger partial charge in [0.05, 0.1) is 5.69 Å². The fourth-order valence-corrected chi connectivity index (χ4v) is 3.15. The zero-order valence-corrected chi connectivity index (χ0v) is 15.9. The Morgan fingerprint density at radius 3 is 2.57 bits per heavy atom. The van der Waals surface area contributed by atoms with Gasteiger partial charge < -0.3 is 13.9 Å². The molecule has 6 heteroatoms. The highest BCUT2D eigenvalue weighted by molar-refractivity contribution is 6.12. The molecule has 3 heterocycles. The summed E-state index contributed by atoms with van der Waals surface area (Å²) in [6, 6.07) is 22.7. The molecule has 0 amide bonds. The number of fused-ring (bicyclic) bond motifs is 1. The van der Waals surface area contributed by atoms with Gasteiger partial charge in [-0.25, -0.2) is 14.8 Å². The minimum Gasteiger partial charge on any atom is -0.487 e. The maximum absolute atomic E-state index is 12.1. The van der Waals surface area contributed by atoms with Crippen molar-refractivity contribution in [2.45, 2.75) is 6.61 Å². The van der Waals surface area contributed by atoms with Crippen LogP contribution in [0.1, 0.15) is 16.8 Å². The van der Waals surface area contributed by atoms with Crippen LogP contribution in [0, 0.1) is 0 Å². The van der Waals surface area contributed by atoms with E-state index in [9.17, 15) is 4.79 Å². The third-order valence-corrected chi connectivity index (χ3v) is 4.63. The second-order valence-corrected chi connectivity index (χ2v) is 6.76. The molecule has 5 rings (SSSR count). The van der Waals surface area contributed by atoms with E-state index in [4.69, 9.17) is 9.47 Å². The lowest BCUT2D eigenvalue weighted by molar-refractivity contribution is -0.129. The van der Waals surface area contributed by atoms with Gasteiger partial charge in [-0.2, -0.15) is 0 Å². The number of ether oxygens (including phenoxy) is 2. The number of imidazole rings is 1. The maximum atomic E-state index is 12.1. The van der Waals surface area contributed by atoms with Crippen LogP contribution in [0.4, 0.5) is 0 Å². The van der Waals surface area contributed by atoms with Crippen LogP contribution < -0.4 is 4.74 Å². The van der Waals surface area contributed by atoms with E-state index in [0.29, 0.717) is 12.5 Å². The van der Waals surface area contributed by atoms with Crippen LogP contribution in [0.15, 0.2) is 95.9 Å². The first kappa shape index (κ1) is 17.9. The Labute approximate surface area is 172 Å². The number of pyridine rings is 1. The van der Waals surface area contributed by atoms with Crippen LogP contribution in [-0.2, 0) is 16.1 Å². The molecule has 0 spiro atoms. The lowest BCUT2D eigenvalue weighted by atomic mass is 10.2. The molecule has 0 bridgehead atoms. The normalized spacial score (nSPS) is 14.7. The second-order valence-electron chi connectivity index (χ2n) is 6.76. The number of esters is 1. The number of cyclic esters (lactones) is 1. The molecule has 0 aliphatic carbocycles. The number of nitrogens with zero attached hydrogens (tertiary/aromatic N) is 3. The summed E-state index contributed by atoms with van der Waals surface area (Å²) in [4.78, 5) is 21.0. The van der Waals surface area contributed by atoms with Gasteiger partial charge in [-0.1, -0.05) is 36.4 Å². The third kappa shape index (κ3) is 3.71. The average molecular weight is 395 g/mol. The summed E-state index contributed by atoms with van der Waals surface area (Å²) in [5, 5.41) is 0. The molecule has 1 aliphatic rings. The van der Waals surface area contributed by atoms with Crippen molar-refractivity contribution in [2.75, 3.05) is 0 Å². The number of rotatable bonds is 5. The molecule has 146 valence electrons. The summed E-state index contributed by atoms with van der Waals surface area (Å²) in [6.07, 6.45) is 5.60. The van der Waals surface area contributed by atoms with Gasteiger partial charge in [0.1, 0.15) is 18.0 Å². The largest absolute Gasteiger partial charge is 0.487 e. The second kappa shape index (κ2) is 7.67. The molecule has 4 aromatic rings. The predicted molar refractivity (Wildman–Crippen MR) is 113 cm³/mol. The van der Waals surface area contributed by atoms with E-state index in [2.05, 4.69) is 9.98 Å². The Balaban J connectivity index is 1.27. The fourth-order valence-electron chi connectivity index (χ4n) is 3.15. The van der Waals surface area contributed by atoms with Crippen molar-refractivity contribution in [3.8, 4) is 5.75 Å². The van der Waals surface area contributed by atoms with Gasteiger partial charge >= 0.3 is 5.97 Å². The lowest BCUT2D eigenvalue weighted by Crippen LogP contribution is -2.04. The topological polar surface area (TPSA) is 65.2 Å². The van der Waals surface area contributed by atoms with E-state index in [-0.39, 0.29) is 5.70 Å². The molecular weight excluding hydrogens is 378 g/mol. The van der Waals surface area contributed by atoms with Crippen LogP contribution in [0.2, 0.25) is 0 Å². The van der Waals surface area contributed by atoms with Crippen molar-refractivity contribution in [2.24, 2.45) is 4.99 Å². The Kier molecular flexibility index (Phi) is 4.57. The molecule has 0 atom stereocenters. The Bertz CT molecular complexity index is 1240. The highest BCUT2D eigenvalue weighted by atomic mass is 16.6. The van der Waals surface area contributed by atoms with Gasteiger partial charge in [0.2, 0.25) is 5.90 Å². The van der Waals surface area contributed by atoms with Gasteiger partial charge in [-0.05, 0) is 48.0 Å². The number of carbonyl (C=O) groups is 1. The van der Waals surface area contributed by atoms with Crippen LogP contribution in [-0.4, -0.2) is 21.3 Å². The van der Waals surface area contributed by atoms with E-state index in [1.807, 2.05) is 89.6 Å². The van der Waals surface area contributed by atoms with Gasteiger partial charge in [0.15, 0.2) is 5.70 Å². The molecule has 2 aromatic carbocycles. The van der Waals surface area contributed by atoms with Crippen LogP contribution in [0.5, 0.6) is 5.75 Å². The molecule has 0 saturated heterocycles. The summed E-state index contributed by atoms with van der Waals surface area (Å²) in [5.74, 6) is 0.581. The molecule has 1 aliphatic heterocycles. The van der Waals surface area contributed by atoms with E-state index in [1.165, 1.54) is 0 Å². The molecule has 30 heavy (non-hydrogen) atoms. The number of hydrogen-bond donors (Lipinski definition) is 0. The highest BCUT2D eigenvalue weighted by Crippen LogP contribution is 2.21. The molecule has 0 saturated carbocycles. The van der Waals surface area contributed by atoms with E-state index in [0.717, 1.165) is 28.2 Å². The Morgan fingerprint density at radius 1 is 0.967 bits per heavy atom. The molecule has 0 unspecified atom stereocenters. The number of aliphatic imine (C=N–C) groups is 1. The van der Waals surface area contributed by atoms with Crippen molar-refractivity contribution in [1.29, 1.82) is 0 Å². The standard InChI is InChI=1S/C24H17N3O3/c28-24-21(26-23(30-24)18-6-2-1-3-7-18)14-17-9-11-20(12-10-17)29-16-19-15-27-13-5-4-8-22(27)25-19/h1-15H,16H2/b21-14-. The maximum Gasteiger partial charge on any atom is 0.363 e. The van der Waals surface area contributed by atoms with E-state index >= 15 is 0 Å². The first-order valence-electron chi connectivity index (χ1n) is 9.48. The van der Waals surface area contributed by atoms with Crippen LogP contribution in [0.25, 0.3) is 11.7 Å². The summed E-state index contributed by atoms with van der Waals surface area (Å²) < 4.78 is 13.1. The Morgan fingerprint density at radius 2 is 1.77 bits per heavy atom. The number of carbonyl (C=O) groups excluding carboxylic acids is 1. The van der Waals surface area contributed by atoms with Crippen molar-refractivity contribution in [3.05, 3.63) is 108 Å². The first-order chi connectivity index (χ1) is 14.7. The summed E-state index contributed by atoms with van der Waals surface area (Å²) in [6.45, 7) is 0.374. The van der Waals surface area contributed by atoms with E-state index < -0.39 is 5.97 Å². The zero-order valence-electron chi connectivity index (χ0n) is 15.9. The van der Waals surface area contributed by atoms with Gasteiger partial charge in [-0.3, -0.25) is 0 Å². The molecule has 6 nitrogen and oxygen atoms in total.